The van der Waals surface area contributed by atoms with Crippen LogP contribution in [0.25, 0.3) is 21.8 Å². The van der Waals surface area contributed by atoms with Gasteiger partial charge in [-0.15, -0.1) is 11.8 Å². The number of aromatic amines is 1. The number of rotatable bonds is 12. The summed E-state index contributed by atoms with van der Waals surface area (Å²) in [6.45, 7) is 1.99. The van der Waals surface area contributed by atoms with Crippen LogP contribution < -0.4 is 25.0 Å². The van der Waals surface area contributed by atoms with E-state index < -0.39 is 0 Å². The molecule has 1 heterocycles. The minimum atomic E-state index is -0.170. The monoisotopic (exact) mass is 597 g/mol. The molecule has 8 nitrogen and oxygen atoms in total. The van der Waals surface area contributed by atoms with E-state index in [-0.39, 0.29) is 17.8 Å². The van der Waals surface area contributed by atoms with Crippen molar-refractivity contribution in [3.63, 3.8) is 0 Å². The molecule has 2 N–H and O–H groups in total. The molecule has 4 aromatic carbocycles. The van der Waals surface area contributed by atoms with Crippen LogP contribution in [0.5, 0.6) is 17.2 Å². The fourth-order valence-electron chi connectivity index (χ4n) is 5.01. The SMILES string of the molecule is COc1ccc(CN(C)CCOc2ccc(NC(=O)Cc3cccc4c(=O)c5cc(SC)ccc5[nH]c34)cc2)cc1OC. The molecule has 0 fully saturated rings. The summed E-state index contributed by atoms with van der Waals surface area (Å²) >= 11 is 1.60. The molecule has 9 heteroatoms. The quantitative estimate of drug-likeness (QED) is 0.132. The maximum atomic E-state index is 13.2. The Morgan fingerprint density at radius 2 is 1.72 bits per heavy atom. The number of ether oxygens (including phenoxy) is 3. The Morgan fingerprint density at radius 3 is 2.47 bits per heavy atom. The van der Waals surface area contributed by atoms with Gasteiger partial charge in [0.25, 0.3) is 0 Å². The second-order valence-electron chi connectivity index (χ2n) is 10.2. The van der Waals surface area contributed by atoms with E-state index in [0.717, 1.165) is 40.4 Å². The molecular formula is C34H35N3O5S. The lowest BCUT2D eigenvalue weighted by molar-refractivity contribution is -0.115. The number of likely N-dealkylation sites (N-methyl/N-ethyl adjacent to an activating group) is 1. The van der Waals surface area contributed by atoms with Gasteiger partial charge in [-0.2, -0.15) is 0 Å². The van der Waals surface area contributed by atoms with Crippen molar-refractivity contribution in [2.45, 2.75) is 17.9 Å². The molecule has 0 bridgehead atoms. The zero-order valence-corrected chi connectivity index (χ0v) is 25.5. The number of anilines is 1. The van der Waals surface area contributed by atoms with Crippen molar-refractivity contribution in [3.05, 3.63) is 100 Å². The zero-order valence-electron chi connectivity index (χ0n) is 24.7. The highest BCUT2D eigenvalue weighted by Gasteiger charge is 2.13. The number of amides is 1. The van der Waals surface area contributed by atoms with E-state index in [1.165, 1.54) is 0 Å². The van der Waals surface area contributed by atoms with Crippen LogP contribution in [0.1, 0.15) is 11.1 Å². The maximum Gasteiger partial charge on any atom is 0.228 e. The van der Waals surface area contributed by atoms with Crippen LogP contribution in [0, 0.1) is 0 Å². The number of carbonyl (C=O) groups is 1. The smallest absolute Gasteiger partial charge is 0.228 e. The molecule has 222 valence electrons. The first-order chi connectivity index (χ1) is 20.9. The van der Waals surface area contributed by atoms with E-state index in [1.54, 1.807) is 32.0 Å². The number of hydrogen-bond acceptors (Lipinski definition) is 7. The summed E-state index contributed by atoms with van der Waals surface area (Å²) in [4.78, 5) is 32.7. The average Bonchev–Trinajstić information content (AvgIpc) is 3.02. The van der Waals surface area contributed by atoms with Gasteiger partial charge in [-0.3, -0.25) is 14.5 Å². The summed E-state index contributed by atoms with van der Waals surface area (Å²) in [5.74, 6) is 1.97. The molecule has 0 unspecified atom stereocenters. The average molecular weight is 598 g/mol. The molecule has 0 atom stereocenters. The molecule has 1 amide bonds. The van der Waals surface area contributed by atoms with E-state index in [9.17, 15) is 9.59 Å². The van der Waals surface area contributed by atoms with Gasteiger partial charge in [-0.1, -0.05) is 18.2 Å². The number of nitrogens with zero attached hydrogens (tertiary/aromatic N) is 1. The second kappa shape index (κ2) is 13.7. The number of pyridine rings is 1. The second-order valence-corrected chi connectivity index (χ2v) is 11.1. The molecule has 5 aromatic rings. The molecule has 0 aliphatic carbocycles. The minimum Gasteiger partial charge on any atom is -0.493 e. The Bertz CT molecular complexity index is 1800. The predicted molar refractivity (Wildman–Crippen MR) is 174 cm³/mol. The Balaban J connectivity index is 1.16. The molecule has 0 aliphatic heterocycles. The van der Waals surface area contributed by atoms with Crippen LogP contribution in [0.15, 0.2) is 88.6 Å². The van der Waals surface area contributed by atoms with Gasteiger partial charge in [-0.25, -0.2) is 0 Å². The van der Waals surface area contributed by atoms with E-state index in [2.05, 4.69) is 15.2 Å². The highest BCUT2D eigenvalue weighted by Crippen LogP contribution is 2.28. The molecular weight excluding hydrogens is 562 g/mol. The number of carbonyl (C=O) groups excluding carboxylic acids is 1. The minimum absolute atomic E-state index is 0.0374. The normalized spacial score (nSPS) is 11.2. The van der Waals surface area contributed by atoms with Crippen LogP contribution in [-0.2, 0) is 17.8 Å². The van der Waals surface area contributed by atoms with Crippen molar-refractivity contribution in [3.8, 4) is 17.2 Å². The van der Waals surface area contributed by atoms with Gasteiger partial charge in [0.2, 0.25) is 5.91 Å². The first-order valence-electron chi connectivity index (χ1n) is 13.9. The van der Waals surface area contributed by atoms with Crippen molar-refractivity contribution in [2.75, 3.05) is 46.0 Å². The van der Waals surface area contributed by atoms with Gasteiger partial charge in [-0.05, 0) is 85.1 Å². The third-order valence-corrected chi connectivity index (χ3v) is 7.98. The van der Waals surface area contributed by atoms with Crippen LogP contribution in [-0.4, -0.2) is 56.5 Å². The first kappa shape index (κ1) is 30.0. The Hall–Kier alpha value is -4.47. The van der Waals surface area contributed by atoms with Gasteiger partial charge < -0.3 is 24.5 Å². The molecule has 0 spiro atoms. The standard InChI is InChI=1S/C34H35N3O5S/c1-37(21-22-8-15-30(40-2)31(18-22)41-3)16-17-42-25-11-9-24(10-12-25)35-32(38)19-23-6-5-7-27-33(23)36-29-14-13-26(43-4)20-28(29)34(27)39/h5-15,18,20H,16-17,19,21H2,1-4H3,(H,35,38)(H,36,39). The van der Waals surface area contributed by atoms with E-state index >= 15 is 0 Å². The van der Waals surface area contributed by atoms with Crippen molar-refractivity contribution in [2.24, 2.45) is 0 Å². The molecule has 0 aliphatic rings. The first-order valence-corrected chi connectivity index (χ1v) is 15.1. The molecule has 1 aromatic heterocycles. The number of H-pyrrole nitrogens is 1. The number of para-hydroxylation sites is 1. The fraction of sp³-hybridized carbons (Fsp3) is 0.235. The Kier molecular flexibility index (Phi) is 9.54. The van der Waals surface area contributed by atoms with Crippen LogP contribution in [0.2, 0.25) is 0 Å². The Morgan fingerprint density at radius 1 is 0.930 bits per heavy atom. The van der Waals surface area contributed by atoms with Gasteiger partial charge in [0.05, 0.1) is 26.2 Å². The van der Waals surface area contributed by atoms with E-state index in [1.807, 2.05) is 86.1 Å². The summed E-state index contributed by atoms with van der Waals surface area (Å²) in [7, 11) is 5.29. The van der Waals surface area contributed by atoms with Gasteiger partial charge in [0.1, 0.15) is 12.4 Å². The van der Waals surface area contributed by atoms with Crippen LogP contribution >= 0.6 is 11.8 Å². The predicted octanol–water partition coefficient (Wildman–Crippen LogP) is 6.11. The third kappa shape index (κ3) is 7.13. The van der Waals surface area contributed by atoms with Gasteiger partial charge >= 0.3 is 0 Å². The number of benzene rings is 4. The number of thioether (sulfide) groups is 1. The number of aromatic nitrogens is 1. The fourth-order valence-corrected chi connectivity index (χ4v) is 5.45. The molecule has 0 radical (unpaired) electrons. The Labute approximate surface area is 255 Å². The number of fused-ring (bicyclic) bond motifs is 2. The highest BCUT2D eigenvalue weighted by atomic mass is 32.2. The van der Waals surface area contributed by atoms with Crippen LogP contribution in [0.4, 0.5) is 5.69 Å². The van der Waals surface area contributed by atoms with E-state index in [4.69, 9.17) is 14.2 Å². The number of nitrogens with one attached hydrogen (secondary N) is 2. The summed E-state index contributed by atoms with van der Waals surface area (Å²) in [6, 6.07) is 24.5. The third-order valence-electron chi connectivity index (χ3n) is 7.26. The molecule has 43 heavy (non-hydrogen) atoms. The largest absolute Gasteiger partial charge is 0.493 e. The zero-order chi connectivity index (χ0) is 30.3. The highest BCUT2D eigenvalue weighted by molar-refractivity contribution is 7.98. The molecule has 0 saturated heterocycles. The number of methoxy groups -OCH3 is 2. The summed E-state index contributed by atoms with van der Waals surface area (Å²) in [5.41, 5.74) is 3.96. The topological polar surface area (TPSA) is 92.9 Å². The summed E-state index contributed by atoms with van der Waals surface area (Å²) in [6.07, 6.45) is 2.11. The van der Waals surface area contributed by atoms with E-state index in [0.29, 0.717) is 40.1 Å². The molecule has 0 saturated carbocycles. The van der Waals surface area contributed by atoms with Gasteiger partial charge in [0, 0.05) is 40.0 Å². The maximum absolute atomic E-state index is 13.2. The van der Waals surface area contributed by atoms with Crippen molar-refractivity contribution < 1.29 is 19.0 Å². The van der Waals surface area contributed by atoms with Crippen molar-refractivity contribution >= 4 is 45.2 Å². The van der Waals surface area contributed by atoms with Gasteiger partial charge in [0.15, 0.2) is 16.9 Å². The summed E-state index contributed by atoms with van der Waals surface area (Å²) in [5, 5.41) is 4.17. The van der Waals surface area contributed by atoms with Crippen molar-refractivity contribution in [1.29, 1.82) is 0 Å². The molecule has 5 rings (SSSR count). The lowest BCUT2D eigenvalue weighted by atomic mass is 10.0. The van der Waals surface area contributed by atoms with Crippen LogP contribution in [0.3, 0.4) is 0 Å². The van der Waals surface area contributed by atoms with Crippen molar-refractivity contribution in [1.82, 2.24) is 9.88 Å². The number of hydrogen-bond donors (Lipinski definition) is 2. The summed E-state index contributed by atoms with van der Waals surface area (Å²) < 4.78 is 16.6. The lowest BCUT2D eigenvalue weighted by Crippen LogP contribution is -2.23. The lowest BCUT2D eigenvalue weighted by Gasteiger charge is -2.18.